The van der Waals surface area contributed by atoms with Gasteiger partial charge in [0, 0.05) is 25.3 Å². The fourth-order valence-corrected chi connectivity index (χ4v) is 2.88. The van der Waals surface area contributed by atoms with E-state index in [9.17, 15) is 0 Å². The average Bonchev–Trinajstić information content (AvgIpc) is 3.06. The first kappa shape index (κ1) is 16.7. The Bertz CT molecular complexity index is 566. The topological polar surface area (TPSA) is 42.7 Å². The molecule has 1 N–H and O–H groups in total. The van der Waals surface area contributed by atoms with Crippen molar-refractivity contribution in [2.75, 3.05) is 6.54 Å². The number of hydrogen-bond donors (Lipinski definition) is 1. The fourth-order valence-electron chi connectivity index (χ4n) is 2.88. The Morgan fingerprint density at radius 2 is 2.05 bits per heavy atom. The molecule has 22 heavy (non-hydrogen) atoms. The van der Waals surface area contributed by atoms with Gasteiger partial charge >= 0.3 is 0 Å². The third kappa shape index (κ3) is 4.68. The standard InChI is InChI=1S/C17H22N4.ClH/c1-2-6-15(7-3-1)16-9-10-18-17(14-16)8-4-5-12-21-13-11-19-20-21;/h1-3,6-7,9,11,13,17-18H,4-5,8,10,12,14H2;1H. The van der Waals surface area contributed by atoms with Gasteiger partial charge in [0.25, 0.3) is 0 Å². The summed E-state index contributed by atoms with van der Waals surface area (Å²) in [7, 11) is 0. The molecule has 3 rings (SSSR count). The summed E-state index contributed by atoms with van der Waals surface area (Å²) < 4.78 is 1.91. The molecule has 1 atom stereocenters. The molecule has 1 unspecified atom stereocenters. The number of aromatic nitrogens is 3. The minimum Gasteiger partial charge on any atom is -0.310 e. The zero-order chi connectivity index (χ0) is 14.3. The summed E-state index contributed by atoms with van der Waals surface area (Å²) in [4.78, 5) is 0. The Morgan fingerprint density at radius 1 is 1.18 bits per heavy atom. The molecule has 4 nitrogen and oxygen atoms in total. The van der Waals surface area contributed by atoms with Crippen LogP contribution in [0.4, 0.5) is 0 Å². The number of benzene rings is 1. The van der Waals surface area contributed by atoms with Crippen LogP contribution in [0.25, 0.3) is 5.57 Å². The highest BCUT2D eigenvalue weighted by Crippen LogP contribution is 2.24. The molecular formula is C17H23ClN4. The van der Waals surface area contributed by atoms with E-state index in [0.717, 1.165) is 25.9 Å². The van der Waals surface area contributed by atoms with Crippen LogP contribution in [0.5, 0.6) is 0 Å². The van der Waals surface area contributed by atoms with Crippen LogP contribution in [0.1, 0.15) is 31.2 Å². The summed E-state index contributed by atoms with van der Waals surface area (Å²) in [5, 5.41) is 11.4. The highest BCUT2D eigenvalue weighted by molar-refractivity contribution is 5.85. The lowest BCUT2D eigenvalue weighted by Gasteiger charge is -2.24. The molecule has 5 heteroatoms. The summed E-state index contributed by atoms with van der Waals surface area (Å²) in [6.07, 6.45) is 10.7. The third-order valence-corrected chi connectivity index (χ3v) is 4.03. The summed E-state index contributed by atoms with van der Waals surface area (Å²) in [5.74, 6) is 0. The van der Waals surface area contributed by atoms with Crippen molar-refractivity contribution in [3.05, 3.63) is 54.4 Å². The van der Waals surface area contributed by atoms with E-state index in [2.05, 4.69) is 52.0 Å². The second-order valence-electron chi connectivity index (χ2n) is 5.57. The molecule has 1 aromatic heterocycles. The zero-order valence-corrected chi connectivity index (χ0v) is 13.5. The number of rotatable bonds is 6. The van der Waals surface area contributed by atoms with Crippen molar-refractivity contribution in [1.29, 1.82) is 0 Å². The lowest BCUT2D eigenvalue weighted by molar-refractivity contribution is 0.453. The average molecular weight is 319 g/mol. The van der Waals surface area contributed by atoms with Crippen LogP contribution in [0.3, 0.4) is 0 Å². The van der Waals surface area contributed by atoms with E-state index in [4.69, 9.17) is 0 Å². The molecule has 118 valence electrons. The first-order valence-corrected chi connectivity index (χ1v) is 7.74. The number of nitrogens with zero attached hydrogens (tertiary/aromatic N) is 3. The van der Waals surface area contributed by atoms with Gasteiger partial charge in [0.2, 0.25) is 0 Å². The van der Waals surface area contributed by atoms with Crippen molar-refractivity contribution in [2.24, 2.45) is 0 Å². The van der Waals surface area contributed by atoms with Crippen LogP contribution < -0.4 is 5.32 Å². The van der Waals surface area contributed by atoms with Gasteiger partial charge in [-0.1, -0.05) is 48.0 Å². The number of unbranched alkanes of at least 4 members (excludes halogenated alkanes) is 1. The molecule has 0 aliphatic carbocycles. The molecule has 1 aliphatic rings. The Balaban J connectivity index is 0.00000176. The normalized spacial score (nSPS) is 17.6. The van der Waals surface area contributed by atoms with Gasteiger partial charge in [-0.15, -0.1) is 17.5 Å². The molecule has 0 saturated heterocycles. The maximum atomic E-state index is 3.99. The van der Waals surface area contributed by atoms with Crippen molar-refractivity contribution >= 4 is 18.0 Å². The van der Waals surface area contributed by atoms with Gasteiger partial charge < -0.3 is 5.32 Å². The maximum Gasteiger partial charge on any atom is 0.0692 e. The second kappa shape index (κ2) is 8.71. The van der Waals surface area contributed by atoms with Gasteiger partial charge in [-0.2, -0.15) is 0 Å². The van der Waals surface area contributed by atoms with Gasteiger partial charge in [0.05, 0.1) is 6.20 Å². The van der Waals surface area contributed by atoms with E-state index < -0.39 is 0 Å². The van der Waals surface area contributed by atoms with E-state index in [1.807, 2.05) is 10.9 Å². The monoisotopic (exact) mass is 318 g/mol. The summed E-state index contributed by atoms with van der Waals surface area (Å²) in [6, 6.07) is 11.3. The number of aryl methyl sites for hydroxylation is 1. The minimum atomic E-state index is 0. The van der Waals surface area contributed by atoms with Crippen LogP contribution >= 0.6 is 12.4 Å². The predicted octanol–water partition coefficient (Wildman–Crippen LogP) is 3.32. The van der Waals surface area contributed by atoms with Crippen molar-refractivity contribution in [2.45, 2.75) is 38.3 Å². The van der Waals surface area contributed by atoms with Crippen LogP contribution in [0, 0.1) is 0 Å². The number of nitrogens with one attached hydrogen (secondary N) is 1. The smallest absolute Gasteiger partial charge is 0.0692 e. The molecule has 1 aliphatic heterocycles. The summed E-state index contributed by atoms with van der Waals surface area (Å²) >= 11 is 0. The Hall–Kier alpha value is -1.65. The predicted molar refractivity (Wildman–Crippen MR) is 91.9 cm³/mol. The van der Waals surface area contributed by atoms with Crippen LogP contribution in [0.2, 0.25) is 0 Å². The molecule has 2 heterocycles. The molecule has 0 radical (unpaired) electrons. The summed E-state index contributed by atoms with van der Waals surface area (Å²) in [6.45, 7) is 1.95. The molecule has 0 amide bonds. The van der Waals surface area contributed by atoms with Crippen molar-refractivity contribution in [1.82, 2.24) is 20.3 Å². The Morgan fingerprint density at radius 3 is 2.82 bits per heavy atom. The lowest BCUT2D eigenvalue weighted by Crippen LogP contribution is -2.32. The van der Waals surface area contributed by atoms with Gasteiger partial charge in [0.15, 0.2) is 0 Å². The van der Waals surface area contributed by atoms with E-state index in [-0.39, 0.29) is 12.4 Å². The van der Waals surface area contributed by atoms with E-state index in [0.29, 0.717) is 6.04 Å². The van der Waals surface area contributed by atoms with Crippen molar-refractivity contribution in [3.8, 4) is 0 Å². The summed E-state index contributed by atoms with van der Waals surface area (Å²) in [5.41, 5.74) is 2.85. The second-order valence-corrected chi connectivity index (χ2v) is 5.57. The van der Waals surface area contributed by atoms with Gasteiger partial charge in [-0.25, -0.2) is 0 Å². The molecule has 0 spiro atoms. The van der Waals surface area contributed by atoms with Gasteiger partial charge in [-0.05, 0) is 30.4 Å². The van der Waals surface area contributed by atoms with Crippen LogP contribution in [-0.2, 0) is 6.54 Å². The SMILES string of the molecule is C1=C(c2ccccc2)CC(CCCCn2ccnn2)NC1.Cl. The largest absolute Gasteiger partial charge is 0.310 e. The van der Waals surface area contributed by atoms with Gasteiger partial charge in [0.1, 0.15) is 0 Å². The third-order valence-electron chi connectivity index (χ3n) is 4.03. The molecular weight excluding hydrogens is 296 g/mol. The zero-order valence-electron chi connectivity index (χ0n) is 12.7. The quantitative estimate of drug-likeness (QED) is 0.831. The van der Waals surface area contributed by atoms with E-state index in [1.165, 1.54) is 24.0 Å². The van der Waals surface area contributed by atoms with Crippen LogP contribution in [0.15, 0.2) is 48.8 Å². The van der Waals surface area contributed by atoms with E-state index >= 15 is 0 Å². The van der Waals surface area contributed by atoms with Crippen LogP contribution in [-0.4, -0.2) is 27.6 Å². The number of hydrogen-bond acceptors (Lipinski definition) is 3. The minimum absolute atomic E-state index is 0. The Labute approximate surface area is 138 Å². The fraction of sp³-hybridized carbons (Fsp3) is 0.412. The van der Waals surface area contributed by atoms with E-state index in [1.54, 1.807) is 6.20 Å². The molecule has 1 aromatic carbocycles. The van der Waals surface area contributed by atoms with Gasteiger partial charge in [-0.3, -0.25) is 4.68 Å². The Kier molecular flexibility index (Phi) is 6.62. The molecule has 0 saturated carbocycles. The highest BCUT2D eigenvalue weighted by atomic mass is 35.5. The number of halogens is 1. The van der Waals surface area contributed by atoms with Crippen molar-refractivity contribution in [3.63, 3.8) is 0 Å². The maximum absolute atomic E-state index is 3.99. The highest BCUT2D eigenvalue weighted by Gasteiger charge is 2.15. The van der Waals surface area contributed by atoms with Crippen molar-refractivity contribution < 1.29 is 0 Å². The lowest BCUT2D eigenvalue weighted by atomic mass is 9.93. The molecule has 0 bridgehead atoms. The molecule has 2 aromatic rings. The first-order valence-electron chi connectivity index (χ1n) is 7.74. The first-order chi connectivity index (χ1) is 10.4. The molecule has 0 fully saturated rings.